The van der Waals surface area contributed by atoms with Crippen molar-refractivity contribution in [1.82, 2.24) is 15.1 Å². The molecule has 5 nitrogen and oxygen atoms in total. The summed E-state index contributed by atoms with van der Waals surface area (Å²) in [7, 11) is 0. The van der Waals surface area contributed by atoms with Crippen molar-refractivity contribution in [2.24, 2.45) is 0 Å². The number of urea groups is 1. The molecule has 26 heavy (non-hydrogen) atoms. The fraction of sp³-hybridized carbons (Fsp3) is 0.238. The maximum Gasteiger partial charge on any atom is 0.325 e. The van der Waals surface area contributed by atoms with Crippen molar-refractivity contribution in [2.75, 3.05) is 11.4 Å². The zero-order chi connectivity index (χ0) is 17.9. The summed E-state index contributed by atoms with van der Waals surface area (Å²) in [5.41, 5.74) is 4.24. The van der Waals surface area contributed by atoms with Crippen molar-refractivity contribution in [2.45, 2.75) is 25.9 Å². The Kier molecular flexibility index (Phi) is 4.44. The van der Waals surface area contributed by atoms with E-state index in [-0.39, 0.29) is 12.1 Å². The molecule has 1 N–H and O–H groups in total. The van der Waals surface area contributed by atoms with E-state index < -0.39 is 0 Å². The summed E-state index contributed by atoms with van der Waals surface area (Å²) in [6.07, 6.45) is 4.60. The van der Waals surface area contributed by atoms with Crippen molar-refractivity contribution in [3.63, 3.8) is 0 Å². The summed E-state index contributed by atoms with van der Waals surface area (Å²) in [6, 6.07) is 18.6. The van der Waals surface area contributed by atoms with Crippen LogP contribution in [-0.2, 0) is 6.54 Å². The van der Waals surface area contributed by atoms with E-state index in [1.165, 1.54) is 0 Å². The highest BCUT2D eigenvalue weighted by Crippen LogP contribution is 2.29. The quantitative estimate of drug-likeness (QED) is 0.749. The number of benzene rings is 2. The van der Waals surface area contributed by atoms with Crippen molar-refractivity contribution in [1.29, 1.82) is 0 Å². The highest BCUT2D eigenvalue weighted by molar-refractivity contribution is 5.95. The van der Waals surface area contributed by atoms with Crippen LogP contribution >= 0.6 is 0 Å². The van der Waals surface area contributed by atoms with E-state index >= 15 is 0 Å². The number of carbonyl (C=O) groups is 1. The van der Waals surface area contributed by atoms with E-state index in [0.29, 0.717) is 6.54 Å². The van der Waals surface area contributed by atoms with Gasteiger partial charge in [-0.05, 0) is 29.7 Å². The molecule has 0 saturated carbocycles. The van der Waals surface area contributed by atoms with Gasteiger partial charge in [0.2, 0.25) is 0 Å². The second-order valence-corrected chi connectivity index (χ2v) is 6.61. The van der Waals surface area contributed by atoms with Crippen LogP contribution in [0.1, 0.15) is 18.9 Å². The molecule has 1 atom stereocenters. The topological polar surface area (TPSA) is 52.2 Å². The normalized spacial score (nSPS) is 17.1. The van der Waals surface area contributed by atoms with Gasteiger partial charge in [-0.2, -0.15) is 5.10 Å². The minimum Gasteiger partial charge on any atom is -0.318 e. The summed E-state index contributed by atoms with van der Waals surface area (Å²) >= 11 is 0. The van der Waals surface area contributed by atoms with Crippen LogP contribution in [0, 0.1) is 0 Å². The molecule has 1 aromatic heterocycles. The Hall–Kier alpha value is -3.08. The number of aromatic amines is 1. The summed E-state index contributed by atoms with van der Waals surface area (Å²) in [5.74, 6) is 0. The third kappa shape index (κ3) is 3.08. The maximum atomic E-state index is 13.0. The van der Waals surface area contributed by atoms with Gasteiger partial charge >= 0.3 is 6.03 Å². The van der Waals surface area contributed by atoms with Crippen LogP contribution in [0.5, 0.6) is 0 Å². The van der Waals surface area contributed by atoms with Gasteiger partial charge in [0.15, 0.2) is 0 Å². The predicted octanol–water partition coefficient (Wildman–Crippen LogP) is 4.30. The molecule has 1 saturated heterocycles. The van der Waals surface area contributed by atoms with E-state index in [9.17, 15) is 4.79 Å². The lowest BCUT2D eigenvalue weighted by Crippen LogP contribution is -2.34. The number of hydrogen-bond donors (Lipinski definition) is 1. The number of anilines is 1. The molecule has 1 aliphatic rings. The van der Waals surface area contributed by atoms with Crippen molar-refractivity contribution < 1.29 is 4.79 Å². The molecule has 1 fully saturated rings. The first-order valence-corrected chi connectivity index (χ1v) is 8.97. The first-order chi connectivity index (χ1) is 12.8. The number of nitrogens with one attached hydrogen (secondary N) is 1. The second-order valence-electron chi connectivity index (χ2n) is 6.61. The molecule has 2 aromatic carbocycles. The highest BCUT2D eigenvalue weighted by Gasteiger charge is 2.36. The zero-order valence-corrected chi connectivity index (χ0v) is 14.8. The fourth-order valence-electron chi connectivity index (χ4n) is 3.51. The molecule has 5 heteroatoms. The van der Waals surface area contributed by atoms with Crippen LogP contribution in [0.25, 0.3) is 11.1 Å². The molecular weight excluding hydrogens is 324 g/mol. The van der Waals surface area contributed by atoms with E-state index in [0.717, 1.165) is 35.3 Å². The Bertz CT molecular complexity index is 859. The first kappa shape index (κ1) is 16.4. The average Bonchev–Trinajstić information content (AvgIpc) is 3.32. The van der Waals surface area contributed by atoms with E-state index in [1.807, 2.05) is 58.5 Å². The number of carbonyl (C=O) groups excluding carboxylic acids is 1. The summed E-state index contributed by atoms with van der Waals surface area (Å²) in [5, 5.41) is 6.82. The van der Waals surface area contributed by atoms with Crippen LogP contribution in [0.4, 0.5) is 10.5 Å². The van der Waals surface area contributed by atoms with Gasteiger partial charge in [0.1, 0.15) is 0 Å². The maximum absolute atomic E-state index is 13.0. The summed E-state index contributed by atoms with van der Waals surface area (Å²) in [6.45, 7) is 3.55. The van der Waals surface area contributed by atoms with Gasteiger partial charge in [-0.15, -0.1) is 0 Å². The van der Waals surface area contributed by atoms with Gasteiger partial charge in [0.25, 0.3) is 0 Å². The zero-order valence-electron chi connectivity index (χ0n) is 14.8. The van der Waals surface area contributed by atoms with Crippen LogP contribution in [-0.4, -0.2) is 33.7 Å². The van der Waals surface area contributed by atoms with E-state index in [2.05, 4.69) is 29.3 Å². The molecule has 3 aromatic rings. The number of rotatable bonds is 5. The molecule has 4 rings (SSSR count). The Morgan fingerprint density at radius 1 is 1.08 bits per heavy atom. The Balaban J connectivity index is 1.55. The molecule has 2 heterocycles. The molecule has 132 valence electrons. The fourth-order valence-corrected chi connectivity index (χ4v) is 3.51. The van der Waals surface area contributed by atoms with Crippen LogP contribution < -0.4 is 4.90 Å². The van der Waals surface area contributed by atoms with Gasteiger partial charge in [0, 0.05) is 30.5 Å². The van der Waals surface area contributed by atoms with Crippen molar-refractivity contribution in [3.05, 3.63) is 72.6 Å². The minimum absolute atomic E-state index is 0.0803. The second kappa shape index (κ2) is 7.04. The third-order valence-electron chi connectivity index (χ3n) is 4.94. The van der Waals surface area contributed by atoms with Crippen LogP contribution in [0.3, 0.4) is 0 Å². The van der Waals surface area contributed by atoms with Crippen LogP contribution in [0.2, 0.25) is 0 Å². The van der Waals surface area contributed by atoms with Crippen molar-refractivity contribution >= 4 is 11.7 Å². The van der Waals surface area contributed by atoms with Crippen molar-refractivity contribution in [3.8, 4) is 11.1 Å². The summed E-state index contributed by atoms with van der Waals surface area (Å²) < 4.78 is 0. The van der Waals surface area contributed by atoms with Gasteiger partial charge in [-0.3, -0.25) is 10.00 Å². The lowest BCUT2D eigenvalue weighted by Gasteiger charge is -2.22. The smallest absolute Gasteiger partial charge is 0.318 e. The van der Waals surface area contributed by atoms with Gasteiger partial charge in [0.05, 0.1) is 12.2 Å². The molecule has 0 aliphatic carbocycles. The summed E-state index contributed by atoms with van der Waals surface area (Å²) in [4.78, 5) is 16.9. The largest absolute Gasteiger partial charge is 0.325 e. The van der Waals surface area contributed by atoms with Gasteiger partial charge < -0.3 is 4.90 Å². The van der Waals surface area contributed by atoms with E-state index in [4.69, 9.17) is 0 Å². The number of nitrogens with zero attached hydrogens (tertiary/aromatic N) is 3. The standard InChI is InChI=1S/C21H22N4O/c1-2-19-15-24(14-16-6-4-3-5-7-16)21(26)25(19)20-10-8-17(9-11-20)18-12-22-23-13-18/h3-13,19H,2,14-15H2,1H3,(H,22,23). The SMILES string of the molecule is CCC1CN(Cc2ccccc2)C(=O)N1c1ccc(-c2cn[nH]c2)cc1. The third-order valence-corrected chi connectivity index (χ3v) is 4.94. The molecule has 2 amide bonds. The lowest BCUT2D eigenvalue weighted by atomic mass is 10.1. The number of aromatic nitrogens is 2. The van der Waals surface area contributed by atoms with E-state index in [1.54, 1.807) is 6.20 Å². The highest BCUT2D eigenvalue weighted by atomic mass is 16.2. The lowest BCUT2D eigenvalue weighted by molar-refractivity contribution is 0.218. The molecule has 0 radical (unpaired) electrons. The predicted molar refractivity (Wildman–Crippen MR) is 103 cm³/mol. The minimum atomic E-state index is 0.0803. The number of amides is 2. The van der Waals surface area contributed by atoms with Gasteiger partial charge in [-0.1, -0.05) is 49.4 Å². The average molecular weight is 346 g/mol. The Labute approximate surface area is 153 Å². The molecule has 0 spiro atoms. The van der Waals surface area contributed by atoms with Crippen LogP contribution in [0.15, 0.2) is 67.0 Å². The monoisotopic (exact) mass is 346 g/mol. The molecule has 1 unspecified atom stereocenters. The molecular formula is C21H22N4O. The number of H-pyrrole nitrogens is 1. The molecule has 1 aliphatic heterocycles. The Morgan fingerprint density at radius 3 is 2.50 bits per heavy atom. The Morgan fingerprint density at radius 2 is 1.85 bits per heavy atom. The molecule has 0 bridgehead atoms. The first-order valence-electron chi connectivity index (χ1n) is 8.97. The number of hydrogen-bond acceptors (Lipinski definition) is 2. The van der Waals surface area contributed by atoms with Gasteiger partial charge in [-0.25, -0.2) is 4.79 Å².